The minimum atomic E-state index is -0.796. The number of halogens is 2. The van der Waals surface area contributed by atoms with E-state index in [0.717, 1.165) is 57.1 Å². The molecule has 4 aromatic heterocycles. The first kappa shape index (κ1) is 24.1. The average molecular weight is 518 g/mol. The van der Waals surface area contributed by atoms with Crippen molar-refractivity contribution in [3.8, 4) is 11.3 Å². The lowest BCUT2D eigenvalue weighted by molar-refractivity contribution is 0.132. The largest absolute Gasteiger partial charge is 0.309 e. The third-order valence-corrected chi connectivity index (χ3v) is 6.84. The van der Waals surface area contributed by atoms with Crippen LogP contribution in [-0.4, -0.2) is 71.8 Å². The van der Waals surface area contributed by atoms with Crippen LogP contribution >= 0.6 is 0 Å². The monoisotopic (exact) mass is 517 g/mol. The molecule has 5 heterocycles. The van der Waals surface area contributed by atoms with Gasteiger partial charge < -0.3 is 15.2 Å². The number of rotatable bonds is 6. The molecule has 5 aromatic rings. The van der Waals surface area contributed by atoms with Gasteiger partial charge in [0.25, 0.3) is 5.56 Å². The third-order valence-electron chi connectivity index (χ3n) is 6.84. The second-order valence-electron chi connectivity index (χ2n) is 9.23. The number of anilines is 2. The number of hydrogen-bond donors (Lipinski definition) is 2. The van der Waals surface area contributed by atoms with E-state index in [9.17, 15) is 13.6 Å². The number of aromatic amines is 1. The molecule has 194 valence electrons. The van der Waals surface area contributed by atoms with Crippen molar-refractivity contribution in [2.75, 3.05) is 38.0 Å². The second kappa shape index (κ2) is 9.88. The van der Waals surface area contributed by atoms with E-state index in [-0.39, 0.29) is 28.1 Å². The van der Waals surface area contributed by atoms with Gasteiger partial charge in [-0.1, -0.05) is 13.0 Å². The van der Waals surface area contributed by atoms with Crippen molar-refractivity contribution in [3.05, 3.63) is 76.7 Å². The van der Waals surface area contributed by atoms with Crippen LogP contribution in [0, 0.1) is 11.6 Å². The lowest BCUT2D eigenvalue weighted by atomic mass is 10.1. The highest BCUT2D eigenvalue weighted by atomic mass is 19.1. The van der Waals surface area contributed by atoms with E-state index < -0.39 is 17.2 Å². The Labute approximate surface area is 216 Å². The fourth-order valence-corrected chi connectivity index (χ4v) is 4.76. The van der Waals surface area contributed by atoms with Gasteiger partial charge in [0.1, 0.15) is 29.3 Å². The molecule has 38 heavy (non-hydrogen) atoms. The van der Waals surface area contributed by atoms with E-state index in [4.69, 9.17) is 0 Å². The van der Waals surface area contributed by atoms with Crippen molar-refractivity contribution >= 4 is 28.3 Å². The molecule has 0 bridgehead atoms. The number of fused-ring (bicyclic) bond motifs is 3. The van der Waals surface area contributed by atoms with Crippen LogP contribution in [0.15, 0.2) is 54.0 Å². The standard InChI is InChI=1S/C26H25F2N9O/c1-2-35-5-7-36(8-6-35)14-16-3-4-21(30-11-16)32-26-31-12-19(28)24(34-26)17-9-18(27)23-20(10-17)37-15-29-13-22(37)33-25(23)38/h3-4,9-13,15H,2,5-8,14H2,1H3,(H,33,38)(H,30,31,32,34). The van der Waals surface area contributed by atoms with Gasteiger partial charge >= 0.3 is 0 Å². The molecule has 10 nitrogen and oxygen atoms in total. The number of pyridine rings is 1. The summed E-state index contributed by atoms with van der Waals surface area (Å²) < 4.78 is 31.3. The normalized spacial score (nSPS) is 14.9. The van der Waals surface area contributed by atoms with Crippen molar-refractivity contribution in [3.63, 3.8) is 0 Å². The number of imidazole rings is 1. The zero-order valence-corrected chi connectivity index (χ0v) is 20.7. The molecule has 0 amide bonds. The van der Waals surface area contributed by atoms with Gasteiger partial charge in [0.15, 0.2) is 5.82 Å². The predicted octanol–water partition coefficient (Wildman–Crippen LogP) is 3.19. The number of H-pyrrole nitrogens is 1. The molecule has 1 fully saturated rings. The van der Waals surface area contributed by atoms with Crippen LogP contribution in [0.2, 0.25) is 0 Å². The first-order valence-corrected chi connectivity index (χ1v) is 12.4. The van der Waals surface area contributed by atoms with Gasteiger partial charge in [-0.2, -0.15) is 0 Å². The van der Waals surface area contributed by atoms with Gasteiger partial charge in [0.2, 0.25) is 5.95 Å². The van der Waals surface area contributed by atoms with Crippen LogP contribution in [-0.2, 0) is 6.54 Å². The van der Waals surface area contributed by atoms with Gasteiger partial charge in [-0.05, 0) is 30.3 Å². The van der Waals surface area contributed by atoms with Crippen molar-refractivity contribution < 1.29 is 8.78 Å². The summed E-state index contributed by atoms with van der Waals surface area (Å²) in [7, 11) is 0. The molecule has 2 N–H and O–H groups in total. The predicted molar refractivity (Wildman–Crippen MR) is 139 cm³/mol. The minimum absolute atomic E-state index is 0.108. The summed E-state index contributed by atoms with van der Waals surface area (Å²) >= 11 is 0. The van der Waals surface area contributed by atoms with Crippen molar-refractivity contribution in [1.29, 1.82) is 0 Å². The number of nitrogens with zero attached hydrogens (tertiary/aromatic N) is 7. The Kier molecular flexibility index (Phi) is 6.26. The quantitative estimate of drug-likeness (QED) is 0.354. The molecule has 1 aliphatic heterocycles. The van der Waals surface area contributed by atoms with E-state index in [1.54, 1.807) is 6.20 Å². The Hall–Kier alpha value is -4.29. The van der Waals surface area contributed by atoms with Crippen LogP contribution in [0.1, 0.15) is 12.5 Å². The molecular weight excluding hydrogens is 492 g/mol. The molecule has 1 aliphatic rings. The lowest BCUT2D eigenvalue weighted by Gasteiger charge is -2.33. The van der Waals surface area contributed by atoms with Gasteiger partial charge in [0.05, 0.1) is 23.3 Å². The number of benzene rings is 1. The van der Waals surface area contributed by atoms with E-state index in [2.05, 4.69) is 47.0 Å². The molecule has 1 saturated heterocycles. The maximum atomic E-state index is 15.0. The third kappa shape index (κ3) is 4.59. The average Bonchev–Trinajstić information content (AvgIpc) is 3.40. The van der Waals surface area contributed by atoms with E-state index in [1.807, 2.05) is 12.1 Å². The zero-order chi connectivity index (χ0) is 26.2. The Morgan fingerprint density at radius 1 is 1.00 bits per heavy atom. The summed E-state index contributed by atoms with van der Waals surface area (Å²) in [4.78, 5) is 36.6. The molecule has 0 unspecified atom stereocenters. The summed E-state index contributed by atoms with van der Waals surface area (Å²) in [6.45, 7) is 8.26. The SMILES string of the molecule is CCN1CCN(Cc2ccc(Nc3ncc(F)c(-c4cc(F)c5c(=O)[nH]c6cncn6c5c4)n3)nc2)CC1. The van der Waals surface area contributed by atoms with E-state index in [0.29, 0.717) is 11.5 Å². The van der Waals surface area contributed by atoms with Crippen molar-refractivity contribution in [1.82, 2.24) is 39.1 Å². The van der Waals surface area contributed by atoms with E-state index >= 15 is 0 Å². The topological polar surface area (TPSA) is 107 Å². The van der Waals surface area contributed by atoms with Crippen LogP contribution in [0.3, 0.4) is 0 Å². The summed E-state index contributed by atoms with van der Waals surface area (Å²) in [5.41, 5.74) is 1.18. The number of hydrogen-bond acceptors (Lipinski definition) is 8. The number of aromatic nitrogens is 6. The lowest BCUT2D eigenvalue weighted by Crippen LogP contribution is -2.45. The Balaban J connectivity index is 1.24. The summed E-state index contributed by atoms with van der Waals surface area (Å²) in [5, 5.41) is 2.84. The van der Waals surface area contributed by atoms with Gasteiger partial charge in [-0.15, -0.1) is 0 Å². The molecular formula is C26H25F2N9O. The molecule has 0 atom stereocenters. The fourth-order valence-electron chi connectivity index (χ4n) is 4.76. The van der Waals surface area contributed by atoms with Gasteiger partial charge in [0, 0.05) is 44.5 Å². The fraction of sp³-hybridized carbons (Fsp3) is 0.269. The number of piperazine rings is 1. The number of nitrogens with one attached hydrogen (secondary N) is 2. The smallest absolute Gasteiger partial charge is 0.261 e. The van der Waals surface area contributed by atoms with Gasteiger partial charge in [-0.3, -0.25) is 14.1 Å². The second-order valence-corrected chi connectivity index (χ2v) is 9.23. The van der Waals surface area contributed by atoms with Crippen molar-refractivity contribution in [2.45, 2.75) is 13.5 Å². The molecule has 0 saturated carbocycles. The minimum Gasteiger partial charge on any atom is -0.309 e. The molecule has 0 radical (unpaired) electrons. The molecule has 6 rings (SSSR count). The Morgan fingerprint density at radius 2 is 1.82 bits per heavy atom. The highest BCUT2D eigenvalue weighted by molar-refractivity contribution is 5.85. The summed E-state index contributed by atoms with van der Waals surface area (Å²) in [6.07, 6.45) is 5.71. The first-order valence-electron chi connectivity index (χ1n) is 12.4. The van der Waals surface area contributed by atoms with Crippen LogP contribution < -0.4 is 10.9 Å². The summed E-state index contributed by atoms with van der Waals surface area (Å²) in [6, 6.07) is 6.40. The Morgan fingerprint density at radius 3 is 2.58 bits per heavy atom. The van der Waals surface area contributed by atoms with Crippen LogP contribution in [0.5, 0.6) is 0 Å². The molecule has 12 heteroatoms. The number of likely N-dealkylation sites (N-methyl/N-ethyl adjacent to an activating group) is 1. The van der Waals surface area contributed by atoms with Crippen LogP contribution in [0.25, 0.3) is 27.8 Å². The summed E-state index contributed by atoms with van der Waals surface area (Å²) in [5.74, 6) is -0.919. The van der Waals surface area contributed by atoms with E-state index in [1.165, 1.54) is 23.0 Å². The molecule has 0 aliphatic carbocycles. The van der Waals surface area contributed by atoms with Gasteiger partial charge in [-0.25, -0.2) is 28.7 Å². The maximum Gasteiger partial charge on any atom is 0.261 e. The zero-order valence-electron chi connectivity index (χ0n) is 20.7. The highest BCUT2D eigenvalue weighted by Gasteiger charge is 2.18. The van der Waals surface area contributed by atoms with Crippen molar-refractivity contribution in [2.24, 2.45) is 0 Å². The maximum absolute atomic E-state index is 15.0. The first-order chi connectivity index (χ1) is 18.5. The molecule has 1 aromatic carbocycles. The van der Waals surface area contributed by atoms with Crippen LogP contribution in [0.4, 0.5) is 20.5 Å². The highest BCUT2D eigenvalue weighted by Crippen LogP contribution is 2.27. The Bertz CT molecular complexity index is 1670. The molecule has 0 spiro atoms.